The van der Waals surface area contributed by atoms with E-state index < -0.39 is 0 Å². The smallest absolute Gasteiger partial charge is 0.0157 e. The van der Waals surface area contributed by atoms with Gasteiger partial charge in [0.2, 0.25) is 0 Å². The molecule has 0 bridgehead atoms. The highest BCUT2D eigenvalue weighted by Crippen LogP contribution is 2.02. The van der Waals surface area contributed by atoms with E-state index in [9.17, 15) is 0 Å². The van der Waals surface area contributed by atoms with Crippen molar-refractivity contribution in [1.29, 1.82) is 0 Å². The molecule has 0 unspecified atom stereocenters. The minimum atomic E-state index is 0.896. The molecule has 0 saturated heterocycles. The molecule has 0 aliphatic carbocycles. The Bertz CT molecular complexity index is 205. The minimum absolute atomic E-state index is 0.896. The van der Waals surface area contributed by atoms with Crippen molar-refractivity contribution in [3.05, 3.63) is 36.6 Å². The Morgan fingerprint density at radius 2 is 2.13 bits per heavy atom. The Kier molecular flexibility index (Phi) is 10.3. The Hall–Kier alpha value is -1.02. The van der Waals surface area contributed by atoms with Crippen LogP contribution in [0.4, 0.5) is 0 Å². The van der Waals surface area contributed by atoms with Crippen LogP contribution < -0.4 is 10.6 Å². The van der Waals surface area contributed by atoms with E-state index in [4.69, 9.17) is 0 Å². The molecular weight excluding hydrogens is 184 g/mol. The monoisotopic (exact) mass is 208 g/mol. The summed E-state index contributed by atoms with van der Waals surface area (Å²) in [6.45, 7) is 7.65. The molecule has 0 rings (SSSR count). The van der Waals surface area contributed by atoms with E-state index in [1.807, 2.05) is 13.1 Å². The Balaban J connectivity index is 3.61. The zero-order valence-corrected chi connectivity index (χ0v) is 10.1. The average molecular weight is 208 g/mol. The van der Waals surface area contributed by atoms with Gasteiger partial charge in [0.25, 0.3) is 0 Å². The second-order valence-electron chi connectivity index (χ2n) is 3.41. The standard InChI is InChI=1S/C13H24N2/c1-4-6-8-11-15-12-10-13(14-3)9-7-5-2/h4,6,8,10,14-15H,1,5,7,9,11-12H2,2-3H3/b8-6-,13-10-. The van der Waals surface area contributed by atoms with E-state index in [0.717, 1.165) is 19.5 Å². The van der Waals surface area contributed by atoms with Crippen molar-refractivity contribution in [3.8, 4) is 0 Å². The summed E-state index contributed by atoms with van der Waals surface area (Å²) in [5.74, 6) is 0. The summed E-state index contributed by atoms with van der Waals surface area (Å²) in [6, 6.07) is 0. The first kappa shape index (κ1) is 14.0. The molecule has 0 aromatic heterocycles. The maximum atomic E-state index is 3.62. The second-order valence-corrected chi connectivity index (χ2v) is 3.41. The summed E-state index contributed by atoms with van der Waals surface area (Å²) in [4.78, 5) is 0. The topological polar surface area (TPSA) is 24.1 Å². The first-order valence-electron chi connectivity index (χ1n) is 5.70. The summed E-state index contributed by atoms with van der Waals surface area (Å²) < 4.78 is 0. The largest absolute Gasteiger partial charge is 0.392 e. The van der Waals surface area contributed by atoms with Crippen molar-refractivity contribution in [2.75, 3.05) is 20.1 Å². The molecule has 2 N–H and O–H groups in total. The molecule has 0 amide bonds. The van der Waals surface area contributed by atoms with Crippen molar-refractivity contribution >= 4 is 0 Å². The van der Waals surface area contributed by atoms with Crippen LogP contribution in [0.2, 0.25) is 0 Å². The molecule has 86 valence electrons. The van der Waals surface area contributed by atoms with Gasteiger partial charge < -0.3 is 10.6 Å². The summed E-state index contributed by atoms with van der Waals surface area (Å²) in [5.41, 5.74) is 1.33. The van der Waals surface area contributed by atoms with Crippen LogP contribution in [0.5, 0.6) is 0 Å². The van der Waals surface area contributed by atoms with E-state index in [1.54, 1.807) is 6.08 Å². The van der Waals surface area contributed by atoms with Gasteiger partial charge in [-0.2, -0.15) is 0 Å². The van der Waals surface area contributed by atoms with Crippen molar-refractivity contribution < 1.29 is 0 Å². The number of hydrogen-bond donors (Lipinski definition) is 2. The van der Waals surface area contributed by atoms with Gasteiger partial charge in [0.15, 0.2) is 0 Å². The zero-order chi connectivity index (χ0) is 11.4. The highest BCUT2D eigenvalue weighted by atomic mass is 14.9. The molecule has 0 atom stereocenters. The summed E-state index contributed by atoms with van der Waals surface area (Å²) in [5, 5.41) is 6.54. The third-order valence-electron chi connectivity index (χ3n) is 2.15. The molecule has 0 aromatic carbocycles. The minimum Gasteiger partial charge on any atom is -0.392 e. The lowest BCUT2D eigenvalue weighted by atomic mass is 10.2. The van der Waals surface area contributed by atoms with Crippen LogP contribution in [0.15, 0.2) is 36.6 Å². The van der Waals surface area contributed by atoms with Gasteiger partial charge in [-0.05, 0) is 12.8 Å². The number of allylic oxidation sites excluding steroid dienone is 3. The Morgan fingerprint density at radius 3 is 2.73 bits per heavy atom. The second kappa shape index (κ2) is 11.1. The van der Waals surface area contributed by atoms with Crippen LogP contribution in [0.1, 0.15) is 26.2 Å². The van der Waals surface area contributed by atoms with Crippen molar-refractivity contribution in [2.45, 2.75) is 26.2 Å². The first-order valence-corrected chi connectivity index (χ1v) is 5.70. The van der Waals surface area contributed by atoms with Gasteiger partial charge in [-0.1, -0.05) is 44.2 Å². The zero-order valence-electron chi connectivity index (χ0n) is 10.1. The molecule has 0 fully saturated rings. The summed E-state index contributed by atoms with van der Waals surface area (Å²) in [6.07, 6.45) is 11.7. The van der Waals surface area contributed by atoms with Crippen LogP contribution >= 0.6 is 0 Å². The lowest BCUT2D eigenvalue weighted by Crippen LogP contribution is -2.16. The maximum Gasteiger partial charge on any atom is 0.0157 e. The van der Waals surface area contributed by atoms with Gasteiger partial charge in [-0.15, -0.1) is 0 Å². The van der Waals surface area contributed by atoms with Gasteiger partial charge >= 0.3 is 0 Å². The van der Waals surface area contributed by atoms with E-state index in [-0.39, 0.29) is 0 Å². The van der Waals surface area contributed by atoms with Gasteiger partial charge in [-0.25, -0.2) is 0 Å². The fourth-order valence-electron chi connectivity index (χ4n) is 1.22. The van der Waals surface area contributed by atoms with Gasteiger partial charge in [0.05, 0.1) is 0 Å². The van der Waals surface area contributed by atoms with E-state index in [0.29, 0.717) is 0 Å². The molecule has 0 spiro atoms. The van der Waals surface area contributed by atoms with Crippen LogP contribution in [-0.2, 0) is 0 Å². The first-order chi connectivity index (χ1) is 7.35. The lowest BCUT2D eigenvalue weighted by molar-refractivity contribution is 0.732. The number of nitrogens with one attached hydrogen (secondary N) is 2. The number of rotatable bonds is 9. The molecule has 2 nitrogen and oxygen atoms in total. The van der Waals surface area contributed by atoms with Crippen LogP contribution in [0, 0.1) is 0 Å². The number of unbranched alkanes of at least 4 members (excludes halogenated alkanes) is 1. The lowest BCUT2D eigenvalue weighted by Gasteiger charge is -2.06. The summed E-state index contributed by atoms with van der Waals surface area (Å²) in [7, 11) is 1.99. The van der Waals surface area contributed by atoms with Crippen molar-refractivity contribution in [3.63, 3.8) is 0 Å². The number of hydrogen-bond acceptors (Lipinski definition) is 2. The Labute approximate surface area is 94.1 Å². The van der Waals surface area contributed by atoms with Crippen LogP contribution in [0.25, 0.3) is 0 Å². The highest BCUT2D eigenvalue weighted by Gasteiger charge is 1.91. The van der Waals surface area contributed by atoms with Crippen molar-refractivity contribution in [1.82, 2.24) is 10.6 Å². The predicted molar refractivity (Wildman–Crippen MR) is 68.9 cm³/mol. The average Bonchev–Trinajstić information content (AvgIpc) is 2.27. The SMILES string of the molecule is C=C/C=C\CNC/C=C(/CCCC)NC. The molecule has 0 saturated carbocycles. The summed E-state index contributed by atoms with van der Waals surface area (Å²) >= 11 is 0. The molecular formula is C13H24N2. The predicted octanol–water partition coefficient (Wildman–Crippen LogP) is 2.61. The highest BCUT2D eigenvalue weighted by molar-refractivity contribution is 5.01. The van der Waals surface area contributed by atoms with Gasteiger partial charge in [0.1, 0.15) is 0 Å². The molecule has 0 heterocycles. The Morgan fingerprint density at radius 1 is 1.33 bits per heavy atom. The molecule has 0 radical (unpaired) electrons. The molecule has 0 aliphatic heterocycles. The quantitative estimate of drug-likeness (QED) is 0.449. The third-order valence-corrected chi connectivity index (χ3v) is 2.15. The fourth-order valence-corrected chi connectivity index (χ4v) is 1.22. The van der Waals surface area contributed by atoms with Gasteiger partial charge in [-0.3, -0.25) is 0 Å². The molecule has 15 heavy (non-hydrogen) atoms. The van der Waals surface area contributed by atoms with Crippen molar-refractivity contribution in [2.24, 2.45) is 0 Å². The normalized spacial score (nSPS) is 12.0. The third kappa shape index (κ3) is 9.29. The molecule has 2 heteroatoms. The van der Waals surface area contributed by atoms with E-state index in [2.05, 4.69) is 36.3 Å². The molecule has 0 aliphatic rings. The fraction of sp³-hybridized carbons (Fsp3) is 0.538. The van der Waals surface area contributed by atoms with Gasteiger partial charge in [0, 0.05) is 25.8 Å². The maximum absolute atomic E-state index is 3.62. The molecule has 0 aromatic rings. The van der Waals surface area contributed by atoms with E-state index >= 15 is 0 Å². The van der Waals surface area contributed by atoms with Crippen LogP contribution in [0.3, 0.4) is 0 Å². The van der Waals surface area contributed by atoms with E-state index in [1.165, 1.54) is 18.5 Å². The van der Waals surface area contributed by atoms with Crippen LogP contribution in [-0.4, -0.2) is 20.1 Å².